The number of fused-ring (bicyclic) bond motifs is 6. The molecule has 11 rings (SSSR count). The summed E-state index contributed by atoms with van der Waals surface area (Å²) in [5, 5.41) is 9.80. The maximum absolute atomic E-state index is 6.73. The average Bonchev–Trinajstić information content (AvgIpc) is 4.02. The monoisotopic (exact) mass is 1080 g/mol. The summed E-state index contributed by atoms with van der Waals surface area (Å²) in [6.07, 6.45) is 5.50. The van der Waals surface area contributed by atoms with Gasteiger partial charge in [-0.3, -0.25) is 0 Å². The van der Waals surface area contributed by atoms with Crippen molar-refractivity contribution in [1.29, 1.82) is 0 Å². The van der Waals surface area contributed by atoms with Gasteiger partial charge in [0.05, 0.1) is 16.7 Å². The summed E-state index contributed by atoms with van der Waals surface area (Å²) in [6.45, 7) is 20.2. The third-order valence-electron chi connectivity index (χ3n) is 13.1. The Labute approximate surface area is 418 Å². The van der Waals surface area contributed by atoms with Crippen LogP contribution in [-0.2, 0) is 37.3 Å². The second kappa shape index (κ2) is 17.2. The van der Waals surface area contributed by atoms with E-state index in [1.165, 1.54) is 38.5 Å². The maximum Gasteiger partial charge on any atom is 0.272 e. The molecule has 0 amide bonds. The molecule has 0 atom stereocenters. The third-order valence-corrected chi connectivity index (χ3v) is 13.1. The number of pyridine rings is 1. The molecule has 0 saturated heterocycles. The van der Waals surface area contributed by atoms with E-state index in [1.807, 2.05) is 57.9 Å². The van der Waals surface area contributed by atoms with E-state index in [-0.39, 0.29) is 37.3 Å². The first-order valence-electron chi connectivity index (χ1n) is 23.4. The van der Waals surface area contributed by atoms with E-state index in [0.717, 1.165) is 56.1 Å². The molecule has 0 aliphatic carbocycles. The average molecular weight is 1080 g/mol. The van der Waals surface area contributed by atoms with Gasteiger partial charge in [-0.05, 0) is 80.8 Å². The number of benzene rings is 7. The molecule has 69 heavy (non-hydrogen) atoms. The van der Waals surface area contributed by atoms with Crippen LogP contribution in [0.3, 0.4) is 0 Å². The van der Waals surface area contributed by atoms with Crippen molar-refractivity contribution in [2.24, 2.45) is 0 Å². The summed E-state index contributed by atoms with van der Waals surface area (Å²) in [6, 6.07) is 62.7. The van der Waals surface area contributed by atoms with E-state index in [9.17, 15) is 0 Å². The predicted octanol–water partition coefficient (Wildman–Crippen LogP) is 14.5. The number of ether oxygens (including phenoxy) is 1. The van der Waals surface area contributed by atoms with Crippen molar-refractivity contribution in [3.8, 4) is 45.8 Å². The molecule has 0 N–H and O–H groups in total. The number of para-hydroxylation sites is 2. The van der Waals surface area contributed by atoms with E-state index >= 15 is 0 Å². The minimum Gasteiger partial charge on any atom is -0.510 e. The summed E-state index contributed by atoms with van der Waals surface area (Å²) in [5.74, 6) is 2.66. The maximum atomic E-state index is 6.73. The van der Waals surface area contributed by atoms with Gasteiger partial charge >= 0.3 is 0 Å². The summed E-state index contributed by atoms with van der Waals surface area (Å²) in [5.41, 5.74) is 11.5. The number of rotatable bonds is 7. The van der Waals surface area contributed by atoms with Gasteiger partial charge in [0.15, 0.2) is 5.82 Å². The SMILES string of the molecule is CC(C)(C)c1cc(-[n+]2[c-]n(-c3[c-]c(Oc4[c-]c5c(cc4)c4cc(-n6c7ccccc7c7ccccc76)ccc4n5-c4cc(C(C)(C)C)ccn4)ccc3)c(-c3ccccc3)n2)cc(C(C)(C)C)c1.[Pt]. The Bertz CT molecular complexity index is 3640. The van der Waals surface area contributed by atoms with Crippen molar-refractivity contribution >= 4 is 43.6 Å². The molecule has 0 radical (unpaired) electrons. The second-order valence-electron chi connectivity index (χ2n) is 21.0. The third kappa shape index (κ3) is 8.37. The molecule has 0 aliphatic heterocycles. The molecule has 8 heteroatoms. The fourth-order valence-corrected chi connectivity index (χ4v) is 9.26. The molecule has 0 unspecified atom stereocenters. The van der Waals surface area contributed by atoms with Crippen LogP contribution in [0.1, 0.15) is 79.0 Å². The summed E-state index contributed by atoms with van der Waals surface area (Å²) < 4.78 is 15.1. The molecule has 0 saturated carbocycles. The Hall–Kier alpha value is -7.08. The van der Waals surface area contributed by atoms with E-state index in [0.29, 0.717) is 11.5 Å². The van der Waals surface area contributed by atoms with Crippen LogP contribution in [0.15, 0.2) is 164 Å². The molecule has 7 nitrogen and oxygen atoms in total. The minimum atomic E-state index is -0.0723. The van der Waals surface area contributed by atoms with Gasteiger partial charge in [-0.25, -0.2) is 4.98 Å². The van der Waals surface area contributed by atoms with Gasteiger partial charge in [0.25, 0.3) is 6.33 Å². The first kappa shape index (κ1) is 45.7. The van der Waals surface area contributed by atoms with Crippen molar-refractivity contribution in [2.75, 3.05) is 0 Å². The first-order valence-corrected chi connectivity index (χ1v) is 23.4. The van der Waals surface area contributed by atoms with Gasteiger partial charge in [-0.2, -0.15) is 22.9 Å². The molecule has 0 spiro atoms. The smallest absolute Gasteiger partial charge is 0.272 e. The topological polar surface area (TPSA) is 53.7 Å². The van der Waals surface area contributed by atoms with Crippen molar-refractivity contribution in [2.45, 2.75) is 78.6 Å². The molecule has 0 aliphatic rings. The van der Waals surface area contributed by atoms with Crippen LogP contribution in [0.2, 0.25) is 0 Å². The van der Waals surface area contributed by atoms with Crippen LogP contribution < -0.4 is 9.42 Å². The predicted molar refractivity (Wildman–Crippen MR) is 276 cm³/mol. The molecular formula is C61H54N6OPt-2. The standard InChI is InChI=1S/C61H54N6O.Pt/c1-59(2,3)41-30-31-62-57(35-41)67-55-29-26-45(66-53-24-15-13-22-49(53)50-23-14-16-25-54(50)66)37-52(55)51-28-27-48(38-56(51)67)68-47-21-17-20-44(36-47)64-39-65(63-58(64)40-18-11-10-12-19-40)46-33-42(60(4,5)6)32-43(34-46)61(7,8)9;/h10-35,37H,1-9H3;/q-2;. The Balaban J connectivity index is 0.00000553. The van der Waals surface area contributed by atoms with Gasteiger partial charge in [0, 0.05) is 66.3 Å². The fourth-order valence-electron chi connectivity index (χ4n) is 9.26. The number of hydrogen-bond acceptors (Lipinski definition) is 3. The quantitative estimate of drug-likeness (QED) is 0.118. The van der Waals surface area contributed by atoms with Gasteiger partial charge in [0.1, 0.15) is 5.82 Å². The van der Waals surface area contributed by atoms with E-state index in [4.69, 9.17) is 14.8 Å². The largest absolute Gasteiger partial charge is 0.510 e. The van der Waals surface area contributed by atoms with Gasteiger partial charge in [0.2, 0.25) is 0 Å². The zero-order valence-electron chi connectivity index (χ0n) is 40.5. The van der Waals surface area contributed by atoms with Crippen molar-refractivity contribution in [1.82, 2.24) is 23.8 Å². The molecule has 4 heterocycles. The van der Waals surface area contributed by atoms with Crippen LogP contribution >= 0.6 is 0 Å². The summed E-state index contributed by atoms with van der Waals surface area (Å²) in [7, 11) is 0. The van der Waals surface area contributed by atoms with Crippen molar-refractivity contribution in [3.05, 3.63) is 199 Å². The normalized spacial score (nSPS) is 12.3. The van der Waals surface area contributed by atoms with Crippen LogP contribution in [0.5, 0.6) is 11.5 Å². The van der Waals surface area contributed by atoms with Crippen molar-refractivity contribution in [3.63, 3.8) is 0 Å². The Kier molecular flexibility index (Phi) is 11.4. The fraction of sp³-hybridized carbons (Fsp3) is 0.197. The van der Waals surface area contributed by atoms with E-state index in [2.05, 4.69) is 205 Å². The zero-order chi connectivity index (χ0) is 47.1. The number of nitrogens with zero attached hydrogens (tertiary/aromatic N) is 6. The molecule has 0 fully saturated rings. The van der Waals surface area contributed by atoms with Crippen LogP contribution in [0, 0.1) is 18.5 Å². The summed E-state index contributed by atoms with van der Waals surface area (Å²) in [4.78, 5) is 4.98. The molecular weight excluding hydrogens is 1030 g/mol. The van der Waals surface area contributed by atoms with Gasteiger partial charge in [-0.15, -0.1) is 34.8 Å². The number of aromatic nitrogens is 6. The van der Waals surface area contributed by atoms with Crippen molar-refractivity contribution < 1.29 is 30.5 Å². The summed E-state index contributed by atoms with van der Waals surface area (Å²) >= 11 is 0. The molecule has 346 valence electrons. The van der Waals surface area contributed by atoms with Crippen LogP contribution in [-0.4, -0.2) is 23.8 Å². The Morgan fingerprint density at radius 3 is 1.80 bits per heavy atom. The van der Waals surface area contributed by atoms with E-state index < -0.39 is 0 Å². The Morgan fingerprint density at radius 2 is 1.13 bits per heavy atom. The minimum absolute atomic E-state index is 0. The molecule has 0 bridgehead atoms. The second-order valence-corrected chi connectivity index (χ2v) is 21.0. The zero-order valence-corrected chi connectivity index (χ0v) is 42.8. The molecule has 4 aromatic heterocycles. The molecule has 11 aromatic rings. The van der Waals surface area contributed by atoms with Gasteiger partial charge < -0.3 is 18.4 Å². The molecule has 7 aromatic carbocycles. The van der Waals surface area contributed by atoms with E-state index in [1.54, 1.807) is 0 Å². The van der Waals surface area contributed by atoms with Gasteiger partial charge in [-0.1, -0.05) is 158 Å². The van der Waals surface area contributed by atoms with Crippen LogP contribution in [0.25, 0.3) is 77.9 Å². The Morgan fingerprint density at radius 1 is 0.507 bits per heavy atom. The first-order chi connectivity index (χ1) is 32.6. The van der Waals surface area contributed by atoms with Crippen LogP contribution in [0.4, 0.5) is 0 Å². The number of hydrogen-bond donors (Lipinski definition) is 0.